The van der Waals surface area contributed by atoms with Gasteiger partial charge in [0, 0.05) is 18.3 Å². The zero-order valence-corrected chi connectivity index (χ0v) is 11.9. The highest BCUT2D eigenvalue weighted by atomic mass is 16.1. The van der Waals surface area contributed by atoms with Gasteiger partial charge in [-0.3, -0.25) is 4.79 Å². The molecule has 3 N–H and O–H groups in total. The van der Waals surface area contributed by atoms with Crippen LogP contribution in [-0.2, 0) is 4.79 Å². The largest absolute Gasteiger partial charge is 0.371 e. The zero-order valence-electron chi connectivity index (χ0n) is 11.9. The number of nitrogens with two attached hydrogens (primary N) is 1. The molecule has 104 valence electrons. The van der Waals surface area contributed by atoms with Crippen LogP contribution in [0.4, 0.5) is 5.69 Å². The van der Waals surface area contributed by atoms with Crippen LogP contribution in [0.25, 0.3) is 0 Å². The van der Waals surface area contributed by atoms with Gasteiger partial charge >= 0.3 is 0 Å². The van der Waals surface area contributed by atoms with Gasteiger partial charge in [-0.15, -0.1) is 0 Å². The number of nitrogens with zero attached hydrogens (tertiary/aromatic N) is 1. The second-order valence-electron chi connectivity index (χ2n) is 5.72. The molecule has 1 heterocycles. The molecule has 0 bridgehead atoms. The van der Waals surface area contributed by atoms with Crippen molar-refractivity contribution in [3.63, 3.8) is 0 Å². The first-order valence-corrected chi connectivity index (χ1v) is 6.78. The molecule has 4 nitrogen and oxygen atoms in total. The van der Waals surface area contributed by atoms with Crippen LogP contribution in [0, 0.1) is 6.92 Å². The van der Waals surface area contributed by atoms with Crippen molar-refractivity contribution in [3.05, 3.63) is 29.8 Å². The lowest BCUT2D eigenvalue weighted by molar-refractivity contribution is -0.124. The molecule has 0 saturated carbocycles. The standard InChI is InChI=1S/C15H23N3O/c1-11-4-6-13(7-5-11)17-15(14(16)19)8-9-18(3)12(2)10-15/h4-7,12,17H,8-10H2,1-3H3,(H2,16,19). The number of hydrogen-bond acceptors (Lipinski definition) is 3. The van der Waals surface area contributed by atoms with Gasteiger partial charge in [0.25, 0.3) is 0 Å². The highest BCUT2D eigenvalue weighted by Crippen LogP contribution is 2.29. The van der Waals surface area contributed by atoms with E-state index < -0.39 is 5.54 Å². The predicted molar refractivity (Wildman–Crippen MR) is 78.1 cm³/mol. The molecule has 1 aromatic rings. The van der Waals surface area contributed by atoms with Crippen LogP contribution >= 0.6 is 0 Å². The number of amides is 1. The Balaban J connectivity index is 2.21. The number of hydrogen-bond donors (Lipinski definition) is 2. The number of primary amides is 1. The van der Waals surface area contributed by atoms with Gasteiger partial charge in [-0.25, -0.2) is 0 Å². The number of likely N-dealkylation sites (tertiary alicyclic amines) is 1. The van der Waals surface area contributed by atoms with Crippen molar-refractivity contribution in [2.24, 2.45) is 5.73 Å². The van der Waals surface area contributed by atoms with Gasteiger partial charge in [0.05, 0.1) is 0 Å². The molecule has 0 aliphatic carbocycles. The van der Waals surface area contributed by atoms with E-state index in [-0.39, 0.29) is 5.91 Å². The van der Waals surface area contributed by atoms with E-state index in [2.05, 4.69) is 24.2 Å². The van der Waals surface area contributed by atoms with E-state index in [1.807, 2.05) is 31.2 Å². The minimum Gasteiger partial charge on any atom is -0.371 e. The fraction of sp³-hybridized carbons (Fsp3) is 0.533. The molecule has 0 radical (unpaired) electrons. The van der Waals surface area contributed by atoms with Crippen molar-refractivity contribution in [2.75, 3.05) is 18.9 Å². The summed E-state index contributed by atoms with van der Waals surface area (Å²) in [6, 6.07) is 8.43. The van der Waals surface area contributed by atoms with Gasteiger partial charge < -0.3 is 16.0 Å². The van der Waals surface area contributed by atoms with Crippen LogP contribution in [0.5, 0.6) is 0 Å². The van der Waals surface area contributed by atoms with Gasteiger partial charge in [-0.2, -0.15) is 0 Å². The van der Waals surface area contributed by atoms with Crippen molar-refractivity contribution in [1.82, 2.24) is 4.90 Å². The quantitative estimate of drug-likeness (QED) is 0.871. The number of nitrogens with one attached hydrogen (secondary N) is 1. The number of piperidine rings is 1. The van der Waals surface area contributed by atoms with E-state index in [9.17, 15) is 4.79 Å². The average Bonchev–Trinajstić information content (AvgIpc) is 2.37. The predicted octanol–water partition coefficient (Wildman–Crippen LogP) is 1.75. The fourth-order valence-electron chi connectivity index (χ4n) is 2.66. The maximum atomic E-state index is 11.9. The summed E-state index contributed by atoms with van der Waals surface area (Å²) >= 11 is 0. The first-order valence-electron chi connectivity index (χ1n) is 6.78. The number of aryl methyl sites for hydroxylation is 1. The summed E-state index contributed by atoms with van der Waals surface area (Å²) in [6.45, 7) is 5.06. The first-order chi connectivity index (χ1) is 8.93. The second-order valence-corrected chi connectivity index (χ2v) is 5.72. The molecule has 0 aromatic heterocycles. The van der Waals surface area contributed by atoms with Crippen LogP contribution < -0.4 is 11.1 Å². The van der Waals surface area contributed by atoms with Gasteiger partial charge in [0.2, 0.25) is 5.91 Å². The van der Waals surface area contributed by atoms with Gasteiger partial charge in [-0.05, 0) is 45.9 Å². The van der Waals surface area contributed by atoms with Gasteiger partial charge in [-0.1, -0.05) is 17.7 Å². The summed E-state index contributed by atoms with van der Waals surface area (Å²) in [4.78, 5) is 14.2. The zero-order chi connectivity index (χ0) is 14.0. The number of rotatable bonds is 3. The second kappa shape index (κ2) is 5.21. The number of carbonyl (C=O) groups is 1. The van der Waals surface area contributed by atoms with Crippen LogP contribution in [0.3, 0.4) is 0 Å². The molecule has 1 saturated heterocycles. The Hall–Kier alpha value is -1.55. The molecule has 1 aromatic carbocycles. The van der Waals surface area contributed by atoms with Crippen molar-refractivity contribution in [3.8, 4) is 0 Å². The van der Waals surface area contributed by atoms with Crippen molar-refractivity contribution in [1.29, 1.82) is 0 Å². The summed E-state index contributed by atoms with van der Waals surface area (Å²) in [6.07, 6.45) is 1.49. The molecule has 1 aliphatic rings. The summed E-state index contributed by atoms with van der Waals surface area (Å²) in [5.41, 5.74) is 7.21. The minimum absolute atomic E-state index is 0.256. The van der Waals surface area contributed by atoms with Crippen molar-refractivity contribution in [2.45, 2.75) is 38.3 Å². The Labute approximate surface area is 115 Å². The Bertz CT molecular complexity index is 457. The molecule has 4 heteroatoms. The van der Waals surface area contributed by atoms with Crippen molar-refractivity contribution >= 4 is 11.6 Å². The molecule has 19 heavy (non-hydrogen) atoms. The van der Waals surface area contributed by atoms with Crippen LogP contribution in [0.15, 0.2) is 24.3 Å². The molecule has 2 rings (SSSR count). The number of anilines is 1. The Morgan fingerprint density at radius 3 is 2.58 bits per heavy atom. The Morgan fingerprint density at radius 2 is 2.05 bits per heavy atom. The molecule has 1 amide bonds. The van der Waals surface area contributed by atoms with E-state index in [0.717, 1.165) is 25.1 Å². The number of carbonyl (C=O) groups excluding carboxylic acids is 1. The van der Waals surface area contributed by atoms with Crippen molar-refractivity contribution < 1.29 is 4.79 Å². The number of benzene rings is 1. The lowest BCUT2D eigenvalue weighted by Gasteiger charge is -2.43. The molecule has 0 spiro atoms. The summed E-state index contributed by atoms with van der Waals surface area (Å²) in [5, 5.41) is 3.37. The maximum absolute atomic E-state index is 11.9. The normalized spacial score (nSPS) is 28.1. The smallest absolute Gasteiger partial charge is 0.243 e. The van der Waals surface area contributed by atoms with E-state index >= 15 is 0 Å². The third-order valence-corrected chi connectivity index (χ3v) is 4.19. The highest BCUT2D eigenvalue weighted by Gasteiger charge is 2.41. The molecule has 2 unspecified atom stereocenters. The van der Waals surface area contributed by atoms with Crippen LogP contribution in [0.2, 0.25) is 0 Å². The summed E-state index contributed by atoms with van der Waals surface area (Å²) in [5.74, 6) is -0.256. The summed E-state index contributed by atoms with van der Waals surface area (Å²) in [7, 11) is 2.08. The average molecular weight is 261 g/mol. The monoisotopic (exact) mass is 261 g/mol. The third kappa shape index (κ3) is 2.89. The van der Waals surface area contributed by atoms with E-state index in [0.29, 0.717) is 6.04 Å². The Kier molecular flexibility index (Phi) is 3.80. The molecule has 1 aliphatic heterocycles. The van der Waals surface area contributed by atoms with Crippen LogP contribution in [0.1, 0.15) is 25.3 Å². The van der Waals surface area contributed by atoms with E-state index in [4.69, 9.17) is 5.73 Å². The molecular formula is C15H23N3O. The van der Waals surface area contributed by atoms with Gasteiger partial charge in [0.1, 0.15) is 5.54 Å². The van der Waals surface area contributed by atoms with Gasteiger partial charge in [0.15, 0.2) is 0 Å². The topological polar surface area (TPSA) is 58.4 Å². The first kappa shape index (κ1) is 13.9. The Morgan fingerprint density at radius 1 is 1.42 bits per heavy atom. The van der Waals surface area contributed by atoms with E-state index in [1.165, 1.54) is 5.56 Å². The van der Waals surface area contributed by atoms with Crippen LogP contribution in [-0.4, -0.2) is 36.0 Å². The maximum Gasteiger partial charge on any atom is 0.243 e. The molecule has 1 fully saturated rings. The SMILES string of the molecule is Cc1ccc(NC2(C(N)=O)CCN(C)C(C)C2)cc1. The fourth-order valence-corrected chi connectivity index (χ4v) is 2.66. The molecule has 2 atom stereocenters. The minimum atomic E-state index is -0.624. The summed E-state index contributed by atoms with van der Waals surface area (Å²) < 4.78 is 0. The lowest BCUT2D eigenvalue weighted by Crippen LogP contribution is -2.58. The lowest BCUT2D eigenvalue weighted by atomic mass is 9.83. The van der Waals surface area contributed by atoms with E-state index in [1.54, 1.807) is 0 Å². The molecular weight excluding hydrogens is 238 g/mol. The third-order valence-electron chi connectivity index (χ3n) is 4.19. The highest BCUT2D eigenvalue weighted by molar-refractivity contribution is 5.88.